The summed E-state index contributed by atoms with van der Waals surface area (Å²) in [5, 5.41) is 2.32. The van der Waals surface area contributed by atoms with E-state index in [-0.39, 0.29) is 0 Å². The van der Waals surface area contributed by atoms with Crippen LogP contribution in [0.4, 0.5) is 0 Å². The highest BCUT2D eigenvalue weighted by Gasteiger charge is 2.12. The number of furan rings is 1. The molecule has 0 aliphatic heterocycles. The summed E-state index contributed by atoms with van der Waals surface area (Å²) in [4.78, 5) is 0. The summed E-state index contributed by atoms with van der Waals surface area (Å²) in [7, 11) is 0. The van der Waals surface area contributed by atoms with E-state index in [1.165, 1.54) is 22.3 Å². The molecule has 0 aliphatic rings. The fourth-order valence-corrected chi connectivity index (χ4v) is 3.57. The van der Waals surface area contributed by atoms with Gasteiger partial charge in [0.2, 0.25) is 0 Å². The average Bonchev–Trinajstić information content (AvgIpc) is 3.07. The van der Waals surface area contributed by atoms with Crippen LogP contribution in [0.1, 0.15) is 5.56 Å². The maximum atomic E-state index is 6.32. The Bertz CT molecular complexity index is 1210. The lowest BCUT2D eigenvalue weighted by molar-refractivity contribution is 0.670. The van der Waals surface area contributed by atoms with E-state index in [0.717, 1.165) is 27.5 Å². The molecule has 0 N–H and O–H groups in total. The van der Waals surface area contributed by atoms with Gasteiger partial charge in [-0.15, -0.1) is 0 Å². The van der Waals surface area contributed by atoms with E-state index in [2.05, 4.69) is 91.9 Å². The molecule has 5 aromatic rings. The zero-order chi connectivity index (χ0) is 17.5. The molecule has 1 nitrogen and oxygen atoms in total. The molecule has 0 amide bonds. The second-order valence-electron chi connectivity index (χ2n) is 6.73. The first-order valence-corrected chi connectivity index (χ1v) is 8.87. The lowest BCUT2D eigenvalue weighted by Crippen LogP contribution is -1.78. The fraction of sp³-hybridized carbons (Fsp3) is 0.0400. The zero-order valence-electron chi connectivity index (χ0n) is 14.6. The number of rotatable bonds is 2. The predicted octanol–water partition coefficient (Wildman–Crippen LogP) is 7.23. The number of aryl methyl sites for hydroxylation is 1. The molecular weight excluding hydrogens is 316 g/mol. The second kappa shape index (κ2) is 5.89. The van der Waals surface area contributed by atoms with Crippen LogP contribution in [0.5, 0.6) is 0 Å². The van der Waals surface area contributed by atoms with Gasteiger partial charge in [-0.2, -0.15) is 0 Å². The molecule has 0 atom stereocenters. The minimum Gasteiger partial charge on any atom is -0.455 e. The number of para-hydroxylation sites is 1. The van der Waals surface area contributed by atoms with Crippen LogP contribution in [0.2, 0.25) is 0 Å². The van der Waals surface area contributed by atoms with Gasteiger partial charge in [-0.05, 0) is 35.7 Å². The highest BCUT2D eigenvalue weighted by molar-refractivity contribution is 6.10. The lowest BCUT2D eigenvalue weighted by Gasteiger charge is -2.02. The van der Waals surface area contributed by atoms with Crippen molar-refractivity contribution < 1.29 is 4.42 Å². The Morgan fingerprint density at radius 3 is 2.15 bits per heavy atom. The molecule has 5 rings (SSSR count). The first kappa shape index (κ1) is 15.0. The van der Waals surface area contributed by atoms with Crippen LogP contribution in [-0.4, -0.2) is 0 Å². The zero-order valence-corrected chi connectivity index (χ0v) is 14.6. The molecule has 26 heavy (non-hydrogen) atoms. The highest BCUT2D eigenvalue weighted by atomic mass is 16.3. The maximum Gasteiger partial charge on any atom is 0.143 e. The first-order chi connectivity index (χ1) is 12.8. The predicted molar refractivity (Wildman–Crippen MR) is 109 cm³/mol. The van der Waals surface area contributed by atoms with Crippen molar-refractivity contribution in [1.29, 1.82) is 0 Å². The topological polar surface area (TPSA) is 13.1 Å². The molecule has 0 radical (unpaired) electrons. The third kappa shape index (κ3) is 2.41. The van der Waals surface area contributed by atoms with Crippen LogP contribution in [0.15, 0.2) is 95.4 Å². The van der Waals surface area contributed by atoms with Crippen molar-refractivity contribution in [2.45, 2.75) is 6.92 Å². The summed E-state index contributed by atoms with van der Waals surface area (Å²) in [6.45, 7) is 2.11. The number of benzene rings is 4. The van der Waals surface area contributed by atoms with Crippen molar-refractivity contribution in [2.75, 3.05) is 0 Å². The van der Waals surface area contributed by atoms with E-state index in [4.69, 9.17) is 4.42 Å². The summed E-state index contributed by atoms with van der Waals surface area (Å²) in [6, 6.07) is 31.9. The average molecular weight is 334 g/mol. The third-order valence-corrected chi connectivity index (χ3v) is 4.97. The molecule has 0 spiro atoms. The van der Waals surface area contributed by atoms with E-state index < -0.39 is 0 Å². The molecule has 0 unspecified atom stereocenters. The van der Waals surface area contributed by atoms with Gasteiger partial charge >= 0.3 is 0 Å². The Labute approximate surface area is 152 Å². The Morgan fingerprint density at radius 1 is 0.577 bits per heavy atom. The monoisotopic (exact) mass is 334 g/mol. The summed E-state index contributed by atoms with van der Waals surface area (Å²) < 4.78 is 6.32. The van der Waals surface area contributed by atoms with Gasteiger partial charge in [0.05, 0.1) is 0 Å². The molecule has 0 bridgehead atoms. The number of hydrogen-bond acceptors (Lipinski definition) is 1. The Kier molecular flexibility index (Phi) is 3.39. The van der Waals surface area contributed by atoms with Crippen molar-refractivity contribution in [3.8, 4) is 22.3 Å². The normalized spacial score (nSPS) is 11.3. The van der Waals surface area contributed by atoms with E-state index >= 15 is 0 Å². The number of hydrogen-bond donors (Lipinski definition) is 0. The molecule has 0 saturated heterocycles. The van der Waals surface area contributed by atoms with Gasteiger partial charge in [0.15, 0.2) is 0 Å². The van der Waals surface area contributed by atoms with Crippen LogP contribution in [0, 0.1) is 6.92 Å². The fourth-order valence-electron chi connectivity index (χ4n) is 3.57. The van der Waals surface area contributed by atoms with Crippen LogP contribution in [0.25, 0.3) is 44.2 Å². The minimum atomic E-state index is 0.932. The second-order valence-corrected chi connectivity index (χ2v) is 6.73. The maximum absolute atomic E-state index is 6.32. The van der Waals surface area contributed by atoms with Gasteiger partial charge in [-0.25, -0.2) is 0 Å². The molecule has 124 valence electrons. The summed E-state index contributed by atoms with van der Waals surface area (Å²) in [5.74, 6) is 0. The van der Waals surface area contributed by atoms with Crippen LogP contribution < -0.4 is 0 Å². The van der Waals surface area contributed by atoms with Gasteiger partial charge in [0.1, 0.15) is 11.2 Å². The van der Waals surface area contributed by atoms with E-state index in [0.29, 0.717) is 0 Å². The van der Waals surface area contributed by atoms with Gasteiger partial charge < -0.3 is 4.42 Å². The van der Waals surface area contributed by atoms with Crippen molar-refractivity contribution >= 4 is 21.9 Å². The smallest absolute Gasteiger partial charge is 0.143 e. The molecule has 1 aromatic heterocycles. The molecule has 0 fully saturated rings. The molecule has 0 saturated carbocycles. The van der Waals surface area contributed by atoms with Crippen molar-refractivity contribution in [2.24, 2.45) is 0 Å². The number of fused-ring (bicyclic) bond motifs is 3. The van der Waals surface area contributed by atoms with E-state index in [1.54, 1.807) is 0 Å². The van der Waals surface area contributed by atoms with E-state index in [1.807, 2.05) is 6.07 Å². The molecule has 4 aromatic carbocycles. The molecule has 1 heterocycles. The minimum absolute atomic E-state index is 0.932. The van der Waals surface area contributed by atoms with Gasteiger partial charge in [0.25, 0.3) is 0 Å². The standard InChI is InChI=1S/C25H18O/c1-17-10-12-18(13-11-17)20-14-15-22-23-9-5-8-21(19-6-3-2-4-7-19)25(23)26-24(22)16-20/h2-16H,1H3. The summed E-state index contributed by atoms with van der Waals surface area (Å²) in [5.41, 5.74) is 7.86. The van der Waals surface area contributed by atoms with Crippen molar-refractivity contribution in [1.82, 2.24) is 0 Å². The molecular formula is C25H18O. The van der Waals surface area contributed by atoms with Crippen LogP contribution in [0.3, 0.4) is 0 Å². The SMILES string of the molecule is Cc1ccc(-c2ccc3c(c2)oc2c(-c4ccccc4)cccc23)cc1. The lowest BCUT2D eigenvalue weighted by atomic mass is 10.0. The van der Waals surface area contributed by atoms with Gasteiger partial charge in [0, 0.05) is 16.3 Å². The van der Waals surface area contributed by atoms with Gasteiger partial charge in [-0.1, -0.05) is 84.4 Å². The summed E-state index contributed by atoms with van der Waals surface area (Å²) >= 11 is 0. The Morgan fingerprint density at radius 2 is 1.35 bits per heavy atom. The van der Waals surface area contributed by atoms with E-state index in [9.17, 15) is 0 Å². The Hall–Kier alpha value is -3.32. The quantitative estimate of drug-likeness (QED) is 0.332. The molecule has 1 heteroatoms. The Balaban J connectivity index is 1.73. The van der Waals surface area contributed by atoms with Crippen LogP contribution in [-0.2, 0) is 0 Å². The van der Waals surface area contributed by atoms with Crippen molar-refractivity contribution in [3.63, 3.8) is 0 Å². The van der Waals surface area contributed by atoms with Gasteiger partial charge in [-0.3, -0.25) is 0 Å². The highest BCUT2D eigenvalue weighted by Crippen LogP contribution is 2.37. The molecule has 0 aliphatic carbocycles. The van der Waals surface area contributed by atoms with Crippen molar-refractivity contribution in [3.05, 3.63) is 96.6 Å². The van der Waals surface area contributed by atoms with Crippen LogP contribution >= 0.6 is 0 Å². The first-order valence-electron chi connectivity index (χ1n) is 8.87. The largest absolute Gasteiger partial charge is 0.455 e. The summed E-state index contributed by atoms with van der Waals surface area (Å²) in [6.07, 6.45) is 0. The third-order valence-electron chi connectivity index (χ3n) is 4.97.